The van der Waals surface area contributed by atoms with E-state index in [9.17, 15) is 9.59 Å². The fourth-order valence-corrected chi connectivity index (χ4v) is 3.90. The van der Waals surface area contributed by atoms with Crippen LogP contribution < -0.4 is 5.32 Å². The summed E-state index contributed by atoms with van der Waals surface area (Å²) in [5.74, 6) is 1.28. The van der Waals surface area contributed by atoms with E-state index in [4.69, 9.17) is 4.74 Å². The molecule has 0 radical (unpaired) electrons. The number of nitrogens with one attached hydrogen (secondary N) is 1. The zero-order valence-corrected chi connectivity index (χ0v) is 24.5. The van der Waals surface area contributed by atoms with Crippen molar-refractivity contribution in [3.63, 3.8) is 0 Å². The molecule has 208 valence electrons. The standard InChI is InChI=1S/C24H36N6O3.2C2H6/c1-8-10-19(24(25-5)33-7)27-20(23-26-13-21(17(3)4)28(23)6)15-30(16-31)18-11-12-29(14-18)22(32)9-2;2*1-2/h9-10,13,15-18,27H,2,8,11-12,14H2,1,3-7H3;2*1-2H3/b19-10+,20-15+,25-24?;;. The quantitative estimate of drug-likeness (QED) is 0.211. The van der Waals surface area contributed by atoms with Gasteiger partial charge in [-0.15, -0.1) is 0 Å². The first-order valence-electron chi connectivity index (χ1n) is 13.2. The van der Waals surface area contributed by atoms with Crippen LogP contribution in [0.1, 0.15) is 78.7 Å². The van der Waals surface area contributed by atoms with Crippen LogP contribution >= 0.6 is 0 Å². The Bertz CT molecular complexity index is 946. The second kappa shape index (κ2) is 18.0. The highest BCUT2D eigenvalue weighted by Crippen LogP contribution is 2.22. The van der Waals surface area contributed by atoms with Crippen LogP contribution in [0.5, 0.6) is 0 Å². The van der Waals surface area contributed by atoms with Crippen molar-refractivity contribution in [1.82, 2.24) is 24.7 Å². The van der Waals surface area contributed by atoms with Crippen molar-refractivity contribution in [2.45, 2.75) is 73.3 Å². The molecule has 0 spiro atoms. The fraction of sp³-hybridized carbons (Fsp3) is 0.571. The van der Waals surface area contributed by atoms with Gasteiger partial charge in [-0.1, -0.05) is 61.1 Å². The number of hydrogen-bond acceptors (Lipinski definition) is 6. The number of amides is 2. The van der Waals surface area contributed by atoms with E-state index in [1.165, 1.54) is 6.08 Å². The predicted molar refractivity (Wildman–Crippen MR) is 153 cm³/mol. The average Bonchev–Trinajstić information content (AvgIpc) is 3.56. The number of hydrogen-bond donors (Lipinski definition) is 1. The molecule has 2 heterocycles. The number of rotatable bonds is 10. The van der Waals surface area contributed by atoms with E-state index >= 15 is 0 Å². The lowest BCUT2D eigenvalue weighted by molar-refractivity contribution is -0.125. The van der Waals surface area contributed by atoms with Gasteiger partial charge in [0.1, 0.15) is 0 Å². The molecule has 37 heavy (non-hydrogen) atoms. The highest BCUT2D eigenvalue weighted by molar-refractivity contribution is 5.94. The Hall–Kier alpha value is -3.36. The van der Waals surface area contributed by atoms with E-state index in [2.05, 4.69) is 35.7 Å². The van der Waals surface area contributed by atoms with Gasteiger partial charge < -0.3 is 24.4 Å². The van der Waals surface area contributed by atoms with Gasteiger partial charge in [0.05, 0.1) is 24.5 Å². The molecule has 9 heteroatoms. The highest BCUT2D eigenvalue weighted by Gasteiger charge is 2.29. The molecule has 1 saturated heterocycles. The van der Waals surface area contributed by atoms with Gasteiger partial charge >= 0.3 is 0 Å². The molecule has 1 aromatic heterocycles. The number of aliphatic imine (C=N–C) groups is 1. The molecular formula is C28H48N6O3. The number of aromatic nitrogens is 2. The van der Waals surface area contributed by atoms with Gasteiger partial charge in [-0.25, -0.2) is 4.98 Å². The third-order valence-corrected chi connectivity index (χ3v) is 5.63. The van der Waals surface area contributed by atoms with Crippen LogP contribution in [0.15, 0.2) is 41.8 Å². The number of carbonyl (C=O) groups is 2. The Labute approximate surface area is 224 Å². The average molecular weight is 517 g/mol. The molecule has 1 aliphatic heterocycles. The maximum absolute atomic E-state index is 12.1. The largest absolute Gasteiger partial charge is 0.480 e. The molecule has 1 aromatic rings. The lowest BCUT2D eigenvalue weighted by atomic mass is 10.1. The van der Waals surface area contributed by atoms with Crippen LogP contribution in [0, 0.1) is 0 Å². The van der Waals surface area contributed by atoms with E-state index in [-0.39, 0.29) is 17.9 Å². The SMILES string of the molecule is C=CC(=O)N1CCC(N(C=O)/C=C(/N/C(=C/CC)C(=NC)OC)c2ncc(C(C)C)n2C)C1.CC.CC. The van der Waals surface area contributed by atoms with Crippen molar-refractivity contribution in [1.29, 1.82) is 0 Å². The molecule has 2 amide bonds. The van der Waals surface area contributed by atoms with Crippen molar-refractivity contribution in [2.24, 2.45) is 12.0 Å². The van der Waals surface area contributed by atoms with Crippen LogP contribution in [-0.2, 0) is 21.4 Å². The van der Waals surface area contributed by atoms with Crippen molar-refractivity contribution >= 4 is 23.9 Å². The van der Waals surface area contributed by atoms with Gasteiger partial charge in [0.2, 0.25) is 18.2 Å². The van der Waals surface area contributed by atoms with Crippen LogP contribution in [0.2, 0.25) is 0 Å². The third-order valence-electron chi connectivity index (χ3n) is 5.63. The molecular weight excluding hydrogens is 468 g/mol. The number of likely N-dealkylation sites (tertiary alicyclic amines) is 1. The van der Waals surface area contributed by atoms with Crippen LogP contribution in [-0.4, -0.2) is 70.9 Å². The van der Waals surface area contributed by atoms with Crippen LogP contribution in [0.4, 0.5) is 0 Å². The van der Waals surface area contributed by atoms with Gasteiger partial charge in [0.25, 0.3) is 0 Å². The second-order valence-electron chi connectivity index (χ2n) is 8.13. The maximum atomic E-state index is 12.1. The monoisotopic (exact) mass is 516 g/mol. The smallest absolute Gasteiger partial charge is 0.246 e. The minimum atomic E-state index is -0.145. The number of imidazole rings is 1. The lowest BCUT2D eigenvalue weighted by Crippen LogP contribution is -2.35. The predicted octanol–water partition coefficient (Wildman–Crippen LogP) is 4.70. The van der Waals surface area contributed by atoms with Gasteiger partial charge in [-0.05, 0) is 24.8 Å². The first-order chi connectivity index (χ1) is 17.8. The number of carbonyl (C=O) groups excluding carboxylic acids is 2. The van der Waals surface area contributed by atoms with E-state index in [0.717, 1.165) is 18.5 Å². The molecule has 0 aliphatic carbocycles. The molecule has 1 N–H and O–H groups in total. The molecule has 0 saturated carbocycles. The Kier molecular flexibility index (Phi) is 16.3. The molecule has 0 bridgehead atoms. The Morgan fingerprint density at radius 3 is 2.46 bits per heavy atom. The molecule has 9 nitrogen and oxygen atoms in total. The minimum absolute atomic E-state index is 0.131. The summed E-state index contributed by atoms with van der Waals surface area (Å²) in [6, 6.07) is -0.145. The summed E-state index contributed by atoms with van der Waals surface area (Å²) in [5.41, 5.74) is 2.38. The normalized spacial score (nSPS) is 15.8. The molecule has 1 aliphatic rings. The summed E-state index contributed by atoms with van der Waals surface area (Å²) in [7, 11) is 5.18. The number of methoxy groups -OCH3 is 1. The van der Waals surface area contributed by atoms with Crippen molar-refractivity contribution in [3.8, 4) is 0 Å². The second-order valence-corrected chi connectivity index (χ2v) is 8.13. The highest BCUT2D eigenvalue weighted by atomic mass is 16.5. The summed E-state index contributed by atoms with van der Waals surface area (Å²) in [6.07, 6.45) is 9.08. The number of ether oxygens (including phenoxy) is 1. The summed E-state index contributed by atoms with van der Waals surface area (Å²) in [5, 5.41) is 3.39. The topological polar surface area (TPSA) is 92.1 Å². The van der Waals surface area contributed by atoms with E-state index in [1.807, 2.05) is 58.5 Å². The molecule has 1 unspecified atom stereocenters. The Morgan fingerprint density at radius 1 is 1.35 bits per heavy atom. The van der Waals surface area contributed by atoms with Crippen molar-refractivity contribution in [2.75, 3.05) is 27.2 Å². The van der Waals surface area contributed by atoms with Crippen LogP contribution in [0.3, 0.4) is 0 Å². The van der Waals surface area contributed by atoms with Gasteiger partial charge in [-0.3, -0.25) is 14.6 Å². The molecule has 2 rings (SSSR count). The minimum Gasteiger partial charge on any atom is -0.480 e. The summed E-state index contributed by atoms with van der Waals surface area (Å²) in [6.45, 7) is 18.8. The lowest BCUT2D eigenvalue weighted by Gasteiger charge is -2.24. The fourth-order valence-electron chi connectivity index (χ4n) is 3.90. The Balaban J connectivity index is 0.00000308. The van der Waals surface area contributed by atoms with E-state index < -0.39 is 0 Å². The molecule has 1 fully saturated rings. The van der Waals surface area contributed by atoms with Crippen molar-refractivity contribution < 1.29 is 14.3 Å². The van der Waals surface area contributed by atoms with Crippen LogP contribution in [0.25, 0.3) is 5.70 Å². The summed E-state index contributed by atoms with van der Waals surface area (Å²) < 4.78 is 7.44. The number of nitrogens with zero attached hydrogens (tertiary/aromatic N) is 5. The summed E-state index contributed by atoms with van der Waals surface area (Å²) in [4.78, 5) is 36.3. The third kappa shape index (κ3) is 9.22. The molecule has 1 atom stereocenters. The molecule has 0 aromatic carbocycles. The number of allylic oxidation sites excluding steroid dienone is 1. The Morgan fingerprint density at radius 2 is 2.00 bits per heavy atom. The van der Waals surface area contributed by atoms with Crippen molar-refractivity contribution in [3.05, 3.63) is 48.3 Å². The first kappa shape index (κ1) is 33.6. The first-order valence-corrected chi connectivity index (χ1v) is 13.2. The summed E-state index contributed by atoms with van der Waals surface area (Å²) >= 11 is 0. The van der Waals surface area contributed by atoms with Gasteiger partial charge in [0, 0.05) is 45.3 Å². The maximum Gasteiger partial charge on any atom is 0.246 e. The zero-order chi connectivity index (χ0) is 28.5. The zero-order valence-electron chi connectivity index (χ0n) is 24.5. The van der Waals surface area contributed by atoms with Gasteiger partial charge in [-0.2, -0.15) is 0 Å². The van der Waals surface area contributed by atoms with Gasteiger partial charge in [0.15, 0.2) is 5.82 Å². The van der Waals surface area contributed by atoms with E-state index in [1.54, 1.807) is 30.2 Å². The van der Waals surface area contributed by atoms with E-state index in [0.29, 0.717) is 42.6 Å².